The van der Waals surface area contributed by atoms with Crippen molar-refractivity contribution in [2.45, 2.75) is 0 Å². The smallest absolute Gasteiger partial charge is 0.172 e. The topological polar surface area (TPSA) is 26.3 Å². The third-order valence-corrected chi connectivity index (χ3v) is 2.61. The van der Waals surface area contributed by atoms with E-state index in [9.17, 15) is 4.79 Å². The predicted molar refractivity (Wildman–Crippen MR) is 60.7 cm³/mol. The zero-order chi connectivity index (χ0) is 10.6. The average molecular weight is 231 g/mol. The number of rotatable bonds is 4. The van der Waals surface area contributed by atoms with Gasteiger partial charge in [0.15, 0.2) is 5.78 Å². The number of ether oxygens (including phenoxy) is 1. The highest BCUT2D eigenvalue weighted by Gasteiger charge is 2.08. The van der Waals surface area contributed by atoms with Gasteiger partial charge in [0.2, 0.25) is 0 Å². The monoisotopic (exact) mass is 230 g/mol. The van der Waals surface area contributed by atoms with Gasteiger partial charge in [0, 0.05) is 5.56 Å². The van der Waals surface area contributed by atoms with E-state index in [2.05, 4.69) is 0 Å². The molecule has 0 saturated carbocycles. The molecule has 0 saturated heterocycles. The van der Waals surface area contributed by atoms with Gasteiger partial charge in [-0.15, -0.1) is 0 Å². The number of Topliss-reactive ketones (excluding diaryl/α,β-unsaturated/α-hetero) is 1. The van der Waals surface area contributed by atoms with Gasteiger partial charge >= 0.3 is 0 Å². The number of ketones is 1. The molecule has 0 aromatic heterocycles. The van der Waals surface area contributed by atoms with Gasteiger partial charge in [-0.2, -0.15) is 11.8 Å². The highest BCUT2D eigenvalue weighted by molar-refractivity contribution is 7.99. The van der Waals surface area contributed by atoms with Crippen molar-refractivity contribution in [2.75, 3.05) is 19.1 Å². The van der Waals surface area contributed by atoms with Crippen molar-refractivity contribution in [3.8, 4) is 5.75 Å². The Hall–Kier alpha value is -0.670. The van der Waals surface area contributed by atoms with Crippen molar-refractivity contribution in [3.63, 3.8) is 0 Å². The van der Waals surface area contributed by atoms with Gasteiger partial charge < -0.3 is 4.74 Å². The van der Waals surface area contributed by atoms with Crippen LogP contribution in [0.3, 0.4) is 0 Å². The van der Waals surface area contributed by atoms with Crippen LogP contribution in [-0.4, -0.2) is 24.9 Å². The maximum Gasteiger partial charge on any atom is 0.172 e. The summed E-state index contributed by atoms with van der Waals surface area (Å²) < 4.78 is 5.02. The zero-order valence-electron chi connectivity index (χ0n) is 8.04. The largest absolute Gasteiger partial charge is 0.495 e. The number of methoxy groups -OCH3 is 1. The second kappa shape index (κ2) is 5.27. The standard InChI is InChI=1S/C10H11ClO2S/c1-13-10-5-7(3-4-8(10)11)9(12)6-14-2/h3-5H,6H2,1-2H3. The van der Waals surface area contributed by atoms with Crippen molar-refractivity contribution >= 4 is 29.1 Å². The number of carbonyl (C=O) groups excluding carboxylic acids is 1. The van der Waals surface area contributed by atoms with Crippen molar-refractivity contribution in [1.82, 2.24) is 0 Å². The van der Waals surface area contributed by atoms with Gasteiger partial charge in [-0.05, 0) is 24.5 Å². The van der Waals surface area contributed by atoms with Crippen LogP contribution >= 0.6 is 23.4 Å². The van der Waals surface area contributed by atoms with Crippen molar-refractivity contribution in [1.29, 1.82) is 0 Å². The van der Waals surface area contributed by atoms with E-state index in [1.807, 2.05) is 6.26 Å². The molecule has 76 valence electrons. The Balaban J connectivity index is 2.94. The van der Waals surface area contributed by atoms with Crippen molar-refractivity contribution in [3.05, 3.63) is 28.8 Å². The molecule has 0 unspecified atom stereocenters. The molecule has 0 bridgehead atoms. The Morgan fingerprint density at radius 2 is 2.29 bits per heavy atom. The summed E-state index contributed by atoms with van der Waals surface area (Å²) in [4.78, 5) is 11.5. The van der Waals surface area contributed by atoms with Gasteiger partial charge in [0.05, 0.1) is 17.9 Å². The SMILES string of the molecule is COc1cc(C(=O)CSC)ccc1Cl. The Labute approximate surface area is 92.6 Å². The first-order valence-electron chi connectivity index (χ1n) is 4.04. The van der Waals surface area contributed by atoms with E-state index in [0.717, 1.165) is 0 Å². The third-order valence-electron chi connectivity index (χ3n) is 1.75. The second-order valence-corrected chi connectivity index (χ2v) is 3.98. The molecule has 14 heavy (non-hydrogen) atoms. The summed E-state index contributed by atoms with van der Waals surface area (Å²) in [5, 5.41) is 0.521. The van der Waals surface area contributed by atoms with E-state index in [1.54, 1.807) is 18.2 Å². The van der Waals surface area contributed by atoms with Crippen LogP contribution in [0.5, 0.6) is 5.75 Å². The lowest BCUT2D eigenvalue weighted by atomic mass is 10.1. The lowest BCUT2D eigenvalue weighted by Crippen LogP contribution is -2.02. The molecule has 1 rings (SSSR count). The highest BCUT2D eigenvalue weighted by Crippen LogP contribution is 2.25. The Kier molecular flexibility index (Phi) is 4.29. The summed E-state index contributed by atoms with van der Waals surface area (Å²) in [6, 6.07) is 5.05. The summed E-state index contributed by atoms with van der Waals surface area (Å²) in [5.41, 5.74) is 0.639. The number of benzene rings is 1. The van der Waals surface area contributed by atoms with Gasteiger partial charge in [-0.1, -0.05) is 11.6 Å². The average Bonchev–Trinajstić information content (AvgIpc) is 2.19. The minimum absolute atomic E-state index is 0.0902. The van der Waals surface area contributed by atoms with Gasteiger partial charge in [0.1, 0.15) is 5.75 Å². The first kappa shape index (κ1) is 11.4. The molecule has 2 nitrogen and oxygen atoms in total. The Morgan fingerprint density at radius 3 is 2.86 bits per heavy atom. The molecule has 4 heteroatoms. The van der Waals surface area contributed by atoms with Crippen LogP contribution in [0, 0.1) is 0 Å². The Bertz CT molecular complexity index is 339. The van der Waals surface area contributed by atoms with Crippen molar-refractivity contribution in [2.24, 2.45) is 0 Å². The third kappa shape index (κ3) is 2.66. The van der Waals surface area contributed by atoms with E-state index in [1.165, 1.54) is 18.9 Å². The minimum atomic E-state index is 0.0902. The minimum Gasteiger partial charge on any atom is -0.495 e. The molecule has 0 amide bonds. The van der Waals surface area contributed by atoms with Gasteiger partial charge in [0.25, 0.3) is 0 Å². The quantitative estimate of drug-likeness (QED) is 0.744. The van der Waals surface area contributed by atoms with E-state index in [-0.39, 0.29) is 5.78 Å². The summed E-state index contributed by atoms with van der Waals surface area (Å²) in [6.07, 6.45) is 1.89. The molecule has 0 N–H and O–H groups in total. The normalized spacial score (nSPS) is 9.93. The molecular weight excluding hydrogens is 220 g/mol. The molecule has 1 aromatic rings. The maximum absolute atomic E-state index is 11.5. The highest BCUT2D eigenvalue weighted by atomic mass is 35.5. The molecular formula is C10H11ClO2S. The Morgan fingerprint density at radius 1 is 1.57 bits per heavy atom. The fraction of sp³-hybridized carbons (Fsp3) is 0.300. The first-order valence-corrected chi connectivity index (χ1v) is 5.82. The molecule has 1 aromatic carbocycles. The molecule has 0 aliphatic carbocycles. The van der Waals surface area contributed by atoms with Crippen molar-refractivity contribution < 1.29 is 9.53 Å². The lowest BCUT2D eigenvalue weighted by molar-refractivity contribution is 0.102. The number of hydrogen-bond donors (Lipinski definition) is 0. The van der Waals surface area contributed by atoms with Crippen LogP contribution in [0.1, 0.15) is 10.4 Å². The number of halogens is 1. The summed E-state index contributed by atoms with van der Waals surface area (Å²) in [6.45, 7) is 0. The zero-order valence-corrected chi connectivity index (χ0v) is 9.61. The fourth-order valence-electron chi connectivity index (χ4n) is 1.05. The molecule has 0 spiro atoms. The number of hydrogen-bond acceptors (Lipinski definition) is 3. The van der Waals surface area contributed by atoms with Crippen LogP contribution in [0.2, 0.25) is 5.02 Å². The first-order chi connectivity index (χ1) is 6.69. The van der Waals surface area contributed by atoms with Gasteiger partial charge in [-0.25, -0.2) is 0 Å². The van der Waals surface area contributed by atoms with Crippen LogP contribution in [0.4, 0.5) is 0 Å². The molecule has 0 radical (unpaired) electrons. The number of thioether (sulfide) groups is 1. The molecule has 0 heterocycles. The van der Waals surface area contributed by atoms with Gasteiger partial charge in [-0.3, -0.25) is 4.79 Å². The van der Waals surface area contributed by atoms with Crippen LogP contribution in [0.25, 0.3) is 0 Å². The summed E-state index contributed by atoms with van der Waals surface area (Å²) in [7, 11) is 1.53. The lowest BCUT2D eigenvalue weighted by Gasteiger charge is -2.04. The van der Waals surface area contributed by atoms with Crippen LogP contribution in [0.15, 0.2) is 18.2 Å². The summed E-state index contributed by atoms with van der Waals surface area (Å²) >= 11 is 7.34. The fourth-order valence-corrected chi connectivity index (χ4v) is 1.67. The van der Waals surface area contributed by atoms with Crippen LogP contribution in [-0.2, 0) is 0 Å². The summed E-state index contributed by atoms with van der Waals surface area (Å²) in [5.74, 6) is 1.11. The second-order valence-electron chi connectivity index (χ2n) is 2.71. The number of carbonyl (C=O) groups is 1. The van der Waals surface area contributed by atoms with E-state index in [0.29, 0.717) is 22.1 Å². The van der Waals surface area contributed by atoms with E-state index < -0.39 is 0 Å². The molecule has 0 atom stereocenters. The predicted octanol–water partition coefficient (Wildman–Crippen LogP) is 2.89. The van der Waals surface area contributed by atoms with E-state index >= 15 is 0 Å². The molecule has 0 aliphatic heterocycles. The maximum atomic E-state index is 11.5. The molecule has 0 fully saturated rings. The van der Waals surface area contributed by atoms with Crippen LogP contribution < -0.4 is 4.74 Å². The van der Waals surface area contributed by atoms with E-state index in [4.69, 9.17) is 16.3 Å². The molecule has 0 aliphatic rings.